The maximum Gasteiger partial charge on any atom is 0.130 e. The molecule has 19 heavy (non-hydrogen) atoms. The van der Waals surface area contributed by atoms with Crippen molar-refractivity contribution in [2.75, 3.05) is 6.54 Å². The molecule has 0 aliphatic heterocycles. The highest BCUT2D eigenvalue weighted by molar-refractivity contribution is 9.10. The maximum absolute atomic E-state index is 5.76. The highest BCUT2D eigenvalue weighted by Crippen LogP contribution is 2.23. The molecule has 0 aliphatic carbocycles. The lowest BCUT2D eigenvalue weighted by atomic mass is 10.1. The molecule has 1 heterocycles. The molecule has 0 amide bonds. The van der Waals surface area contributed by atoms with Crippen LogP contribution in [0.4, 0.5) is 0 Å². The van der Waals surface area contributed by atoms with Crippen molar-refractivity contribution in [1.82, 2.24) is 4.98 Å². The van der Waals surface area contributed by atoms with Crippen molar-refractivity contribution in [1.29, 1.82) is 0 Å². The quantitative estimate of drug-likeness (QED) is 0.920. The fourth-order valence-electron chi connectivity index (χ4n) is 1.83. The third kappa shape index (κ3) is 4.04. The molecular weight excluding hydrogens is 304 g/mol. The van der Waals surface area contributed by atoms with Crippen LogP contribution in [0.15, 0.2) is 40.9 Å². The first-order valence-electron chi connectivity index (χ1n) is 6.23. The van der Waals surface area contributed by atoms with Crippen molar-refractivity contribution < 1.29 is 4.74 Å². The summed E-state index contributed by atoms with van der Waals surface area (Å²) < 4.78 is 6.83. The molecular formula is C15H17BrN2O. The van der Waals surface area contributed by atoms with E-state index in [2.05, 4.69) is 20.9 Å². The molecule has 1 aromatic carbocycles. The number of hydrogen-bond acceptors (Lipinski definition) is 3. The molecule has 0 radical (unpaired) electrons. The second kappa shape index (κ2) is 6.68. The van der Waals surface area contributed by atoms with Gasteiger partial charge in [0.2, 0.25) is 0 Å². The first-order valence-corrected chi connectivity index (χ1v) is 7.02. The predicted octanol–water partition coefficient (Wildman–Crippen LogP) is 3.23. The van der Waals surface area contributed by atoms with Gasteiger partial charge in [-0.2, -0.15) is 0 Å². The molecule has 3 nitrogen and oxygen atoms in total. The van der Waals surface area contributed by atoms with Crippen LogP contribution in [0.2, 0.25) is 0 Å². The minimum absolute atomic E-state index is 0.478. The van der Waals surface area contributed by atoms with Crippen molar-refractivity contribution >= 4 is 15.9 Å². The molecule has 0 unspecified atom stereocenters. The Morgan fingerprint density at radius 2 is 2.11 bits per heavy atom. The number of nitrogens with two attached hydrogens (primary N) is 1. The van der Waals surface area contributed by atoms with E-state index < -0.39 is 0 Å². The van der Waals surface area contributed by atoms with Crippen molar-refractivity contribution in [3.05, 3.63) is 57.8 Å². The number of aryl methyl sites for hydroxylation is 1. The lowest BCUT2D eigenvalue weighted by Crippen LogP contribution is -2.04. The second-order valence-corrected chi connectivity index (χ2v) is 5.21. The zero-order valence-corrected chi connectivity index (χ0v) is 12.5. The van der Waals surface area contributed by atoms with Crippen LogP contribution in [0, 0.1) is 6.92 Å². The molecule has 0 fully saturated rings. The van der Waals surface area contributed by atoms with E-state index in [1.54, 1.807) is 0 Å². The largest absolute Gasteiger partial charge is 0.487 e. The Balaban J connectivity index is 2.05. The van der Waals surface area contributed by atoms with Gasteiger partial charge in [0.1, 0.15) is 12.4 Å². The third-order valence-electron chi connectivity index (χ3n) is 2.76. The molecule has 0 saturated heterocycles. The molecule has 100 valence electrons. The summed E-state index contributed by atoms with van der Waals surface area (Å²) in [6.45, 7) is 3.08. The van der Waals surface area contributed by atoms with Gasteiger partial charge in [-0.05, 0) is 55.8 Å². The Bertz CT molecular complexity index is 558. The molecule has 0 aliphatic rings. The van der Waals surface area contributed by atoms with Gasteiger partial charge < -0.3 is 10.5 Å². The average Bonchev–Trinajstić information content (AvgIpc) is 2.40. The predicted molar refractivity (Wildman–Crippen MR) is 80.2 cm³/mol. The Hall–Kier alpha value is -1.39. The molecule has 4 heteroatoms. The van der Waals surface area contributed by atoms with Crippen molar-refractivity contribution in [2.45, 2.75) is 20.0 Å². The van der Waals surface area contributed by atoms with Crippen LogP contribution in [-0.4, -0.2) is 11.5 Å². The zero-order valence-electron chi connectivity index (χ0n) is 10.9. The van der Waals surface area contributed by atoms with Gasteiger partial charge in [-0.25, -0.2) is 0 Å². The SMILES string of the molecule is Cc1cccc(COc2ccc(Br)c(CCN)c2)n1. The van der Waals surface area contributed by atoms with Gasteiger partial charge in [0, 0.05) is 10.2 Å². The van der Waals surface area contributed by atoms with E-state index in [9.17, 15) is 0 Å². The molecule has 0 bridgehead atoms. The summed E-state index contributed by atoms with van der Waals surface area (Å²) in [5.41, 5.74) is 8.69. The van der Waals surface area contributed by atoms with Gasteiger partial charge in [-0.15, -0.1) is 0 Å². The molecule has 2 N–H and O–H groups in total. The Morgan fingerprint density at radius 3 is 2.84 bits per heavy atom. The number of ether oxygens (including phenoxy) is 1. The molecule has 0 spiro atoms. The summed E-state index contributed by atoms with van der Waals surface area (Å²) in [5.74, 6) is 0.843. The first kappa shape index (κ1) is 14.0. The number of pyridine rings is 1. The highest BCUT2D eigenvalue weighted by atomic mass is 79.9. The van der Waals surface area contributed by atoms with Crippen LogP contribution in [-0.2, 0) is 13.0 Å². The van der Waals surface area contributed by atoms with E-state index in [1.807, 2.05) is 43.3 Å². The Labute approximate surface area is 121 Å². The van der Waals surface area contributed by atoms with Crippen LogP contribution in [0.25, 0.3) is 0 Å². The van der Waals surface area contributed by atoms with E-state index in [-0.39, 0.29) is 0 Å². The van der Waals surface area contributed by atoms with E-state index >= 15 is 0 Å². The monoisotopic (exact) mass is 320 g/mol. The van der Waals surface area contributed by atoms with Crippen LogP contribution < -0.4 is 10.5 Å². The summed E-state index contributed by atoms with van der Waals surface area (Å²) in [6.07, 6.45) is 0.834. The van der Waals surface area contributed by atoms with E-state index in [0.29, 0.717) is 13.2 Å². The van der Waals surface area contributed by atoms with Crippen molar-refractivity contribution in [3.8, 4) is 5.75 Å². The third-order valence-corrected chi connectivity index (χ3v) is 3.54. The first-order chi connectivity index (χ1) is 9.19. The van der Waals surface area contributed by atoms with E-state index in [1.165, 1.54) is 0 Å². The van der Waals surface area contributed by atoms with Crippen molar-refractivity contribution in [2.24, 2.45) is 5.73 Å². The average molecular weight is 321 g/mol. The lowest BCUT2D eigenvalue weighted by Gasteiger charge is -2.09. The highest BCUT2D eigenvalue weighted by Gasteiger charge is 2.03. The Morgan fingerprint density at radius 1 is 1.26 bits per heavy atom. The van der Waals surface area contributed by atoms with Gasteiger partial charge >= 0.3 is 0 Å². The van der Waals surface area contributed by atoms with E-state index in [4.69, 9.17) is 10.5 Å². The number of nitrogens with zero attached hydrogens (tertiary/aromatic N) is 1. The Kier molecular flexibility index (Phi) is 4.93. The van der Waals surface area contributed by atoms with Gasteiger partial charge in [0.05, 0.1) is 5.69 Å². The summed E-state index contributed by atoms with van der Waals surface area (Å²) in [6, 6.07) is 11.9. The molecule has 2 aromatic rings. The second-order valence-electron chi connectivity index (χ2n) is 4.35. The van der Waals surface area contributed by atoms with Gasteiger partial charge in [-0.1, -0.05) is 22.0 Å². The number of hydrogen-bond donors (Lipinski definition) is 1. The standard InChI is InChI=1S/C15H17BrN2O/c1-11-3-2-4-13(18-11)10-19-14-5-6-15(16)12(9-14)7-8-17/h2-6,9H,7-8,10,17H2,1H3. The van der Waals surface area contributed by atoms with Gasteiger partial charge in [0.25, 0.3) is 0 Å². The summed E-state index contributed by atoms with van der Waals surface area (Å²) >= 11 is 3.51. The number of benzene rings is 1. The van der Waals surface area contributed by atoms with Crippen LogP contribution >= 0.6 is 15.9 Å². The molecule has 2 rings (SSSR count). The van der Waals surface area contributed by atoms with Crippen LogP contribution in [0.1, 0.15) is 17.0 Å². The number of halogens is 1. The van der Waals surface area contributed by atoms with Crippen LogP contribution in [0.5, 0.6) is 5.75 Å². The topological polar surface area (TPSA) is 48.1 Å². The fourth-order valence-corrected chi connectivity index (χ4v) is 2.27. The number of aromatic nitrogens is 1. The maximum atomic E-state index is 5.76. The van der Waals surface area contributed by atoms with Crippen LogP contribution in [0.3, 0.4) is 0 Å². The van der Waals surface area contributed by atoms with Gasteiger partial charge in [-0.3, -0.25) is 4.98 Å². The molecule has 1 aromatic heterocycles. The minimum Gasteiger partial charge on any atom is -0.487 e. The normalized spacial score (nSPS) is 10.5. The molecule has 0 saturated carbocycles. The summed E-state index contributed by atoms with van der Waals surface area (Å²) in [4.78, 5) is 4.41. The fraction of sp³-hybridized carbons (Fsp3) is 0.267. The summed E-state index contributed by atoms with van der Waals surface area (Å²) in [7, 11) is 0. The lowest BCUT2D eigenvalue weighted by molar-refractivity contribution is 0.301. The van der Waals surface area contributed by atoms with Crippen molar-refractivity contribution in [3.63, 3.8) is 0 Å². The molecule has 0 atom stereocenters. The van der Waals surface area contributed by atoms with E-state index in [0.717, 1.165) is 33.6 Å². The summed E-state index contributed by atoms with van der Waals surface area (Å²) in [5, 5.41) is 0. The smallest absolute Gasteiger partial charge is 0.130 e. The van der Waals surface area contributed by atoms with Gasteiger partial charge in [0.15, 0.2) is 0 Å². The minimum atomic E-state index is 0.478. The zero-order chi connectivity index (χ0) is 13.7. The number of rotatable bonds is 5.